The van der Waals surface area contributed by atoms with E-state index in [4.69, 9.17) is 4.74 Å². The topological polar surface area (TPSA) is 29.5 Å². The van der Waals surface area contributed by atoms with Gasteiger partial charge in [0, 0.05) is 13.1 Å². The average molecular weight is 211 g/mol. The molecule has 86 valence electrons. The van der Waals surface area contributed by atoms with E-state index in [0.29, 0.717) is 5.41 Å². The van der Waals surface area contributed by atoms with E-state index in [9.17, 15) is 4.79 Å². The van der Waals surface area contributed by atoms with Gasteiger partial charge in [0.25, 0.3) is 0 Å². The summed E-state index contributed by atoms with van der Waals surface area (Å²) in [7, 11) is 0. The van der Waals surface area contributed by atoms with Gasteiger partial charge in [-0.1, -0.05) is 6.42 Å². The van der Waals surface area contributed by atoms with Crippen LogP contribution in [0.2, 0.25) is 0 Å². The lowest BCUT2D eigenvalue weighted by Crippen LogP contribution is -2.38. The normalized spacial score (nSPS) is 24.1. The summed E-state index contributed by atoms with van der Waals surface area (Å²) in [6, 6.07) is 0. The maximum Gasteiger partial charge on any atom is 0.410 e. The van der Waals surface area contributed by atoms with Crippen molar-refractivity contribution in [2.75, 3.05) is 13.1 Å². The Morgan fingerprint density at radius 1 is 1.27 bits per heavy atom. The standard InChI is InChI=1S/C12H21NO2/c1-11(2,3)15-10(14)13-8-7-12(9-13)5-4-6-12/h4-9H2,1-3H3. The Hall–Kier alpha value is -0.730. The molecule has 15 heavy (non-hydrogen) atoms. The molecule has 1 amide bonds. The molecule has 1 spiro atoms. The Kier molecular flexibility index (Phi) is 2.44. The fourth-order valence-corrected chi connectivity index (χ4v) is 2.50. The van der Waals surface area contributed by atoms with Crippen LogP contribution in [-0.2, 0) is 4.74 Å². The monoisotopic (exact) mass is 211 g/mol. The van der Waals surface area contributed by atoms with Gasteiger partial charge in [0.2, 0.25) is 0 Å². The summed E-state index contributed by atoms with van der Waals surface area (Å²) in [6.07, 6.45) is 4.97. The van der Waals surface area contributed by atoms with Crippen LogP contribution in [0.4, 0.5) is 4.79 Å². The van der Waals surface area contributed by atoms with Crippen LogP contribution in [0, 0.1) is 5.41 Å². The molecule has 0 aromatic carbocycles. The largest absolute Gasteiger partial charge is 0.444 e. The second kappa shape index (κ2) is 3.39. The summed E-state index contributed by atoms with van der Waals surface area (Å²) in [4.78, 5) is 13.7. The quantitative estimate of drug-likeness (QED) is 0.616. The first kappa shape index (κ1) is 10.8. The first-order valence-electron chi connectivity index (χ1n) is 5.88. The van der Waals surface area contributed by atoms with Crippen LogP contribution in [-0.4, -0.2) is 29.7 Å². The minimum absolute atomic E-state index is 0.133. The van der Waals surface area contributed by atoms with Crippen molar-refractivity contribution in [2.24, 2.45) is 5.41 Å². The highest BCUT2D eigenvalue weighted by atomic mass is 16.6. The van der Waals surface area contributed by atoms with E-state index in [-0.39, 0.29) is 11.7 Å². The van der Waals surface area contributed by atoms with Crippen LogP contribution in [0.25, 0.3) is 0 Å². The van der Waals surface area contributed by atoms with Crippen molar-refractivity contribution in [3.05, 3.63) is 0 Å². The second-order valence-corrected chi connectivity index (χ2v) is 6.01. The summed E-state index contributed by atoms with van der Waals surface area (Å²) < 4.78 is 5.37. The van der Waals surface area contributed by atoms with E-state index in [2.05, 4.69) is 0 Å². The van der Waals surface area contributed by atoms with Crippen molar-refractivity contribution in [1.29, 1.82) is 0 Å². The number of amides is 1. The molecule has 0 aromatic rings. The maximum atomic E-state index is 11.8. The highest BCUT2D eigenvalue weighted by Crippen LogP contribution is 2.48. The fourth-order valence-electron chi connectivity index (χ4n) is 2.50. The summed E-state index contributed by atoms with van der Waals surface area (Å²) in [5.74, 6) is 0. The highest BCUT2D eigenvalue weighted by Gasteiger charge is 2.44. The molecule has 1 heterocycles. The molecule has 0 aromatic heterocycles. The van der Waals surface area contributed by atoms with Crippen LogP contribution in [0.3, 0.4) is 0 Å². The van der Waals surface area contributed by atoms with E-state index in [1.54, 1.807) is 0 Å². The minimum atomic E-state index is -0.369. The van der Waals surface area contributed by atoms with E-state index < -0.39 is 0 Å². The lowest BCUT2D eigenvalue weighted by atomic mass is 9.68. The molecule has 1 aliphatic heterocycles. The summed E-state index contributed by atoms with van der Waals surface area (Å²) >= 11 is 0. The Morgan fingerprint density at radius 3 is 2.33 bits per heavy atom. The Bertz CT molecular complexity index is 263. The average Bonchev–Trinajstić information content (AvgIpc) is 2.43. The lowest BCUT2D eigenvalue weighted by molar-refractivity contribution is 0.0245. The van der Waals surface area contributed by atoms with Gasteiger partial charge in [0.15, 0.2) is 0 Å². The molecule has 2 fully saturated rings. The molecule has 0 bridgehead atoms. The SMILES string of the molecule is CC(C)(C)OC(=O)N1CCC2(CCC2)C1. The highest BCUT2D eigenvalue weighted by molar-refractivity contribution is 5.68. The molecule has 2 rings (SSSR count). The second-order valence-electron chi connectivity index (χ2n) is 6.01. The Morgan fingerprint density at radius 2 is 1.93 bits per heavy atom. The van der Waals surface area contributed by atoms with Crippen LogP contribution >= 0.6 is 0 Å². The van der Waals surface area contributed by atoms with Crippen molar-refractivity contribution in [1.82, 2.24) is 4.90 Å². The molecule has 3 heteroatoms. The van der Waals surface area contributed by atoms with Gasteiger partial charge in [-0.05, 0) is 45.4 Å². The molecule has 0 N–H and O–H groups in total. The Labute approximate surface area is 91.8 Å². The third-order valence-corrected chi connectivity index (χ3v) is 3.50. The molecule has 0 atom stereocenters. The van der Waals surface area contributed by atoms with Gasteiger partial charge in [0.1, 0.15) is 5.60 Å². The molecule has 1 saturated heterocycles. The summed E-state index contributed by atoms with van der Waals surface area (Å²) in [5.41, 5.74) is 0.101. The van der Waals surface area contributed by atoms with Crippen LogP contribution in [0.1, 0.15) is 46.5 Å². The summed E-state index contributed by atoms with van der Waals surface area (Å²) in [5, 5.41) is 0. The zero-order valence-corrected chi connectivity index (χ0v) is 10.0. The molecule has 1 saturated carbocycles. The van der Waals surface area contributed by atoms with E-state index >= 15 is 0 Å². The molecular formula is C12H21NO2. The predicted octanol–water partition coefficient (Wildman–Crippen LogP) is 2.80. The number of ether oxygens (including phenoxy) is 1. The maximum absolute atomic E-state index is 11.8. The van der Waals surface area contributed by atoms with Gasteiger partial charge in [-0.2, -0.15) is 0 Å². The predicted molar refractivity (Wildman–Crippen MR) is 58.7 cm³/mol. The van der Waals surface area contributed by atoms with Crippen molar-refractivity contribution < 1.29 is 9.53 Å². The van der Waals surface area contributed by atoms with Crippen molar-refractivity contribution in [3.63, 3.8) is 0 Å². The van der Waals surface area contributed by atoms with Crippen molar-refractivity contribution >= 4 is 6.09 Å². The number of rotatable bonds is 0. The first-order chi connectivity index (χ1) is 6.90. The van der Waals surface area contributed by atoms with Crippen LogP contribution in [0.5, 0.6) is 0 Å². The van der Waals surface area contributed by atoms with Gasteiger partial charge in [0.05, 0.1) is 0 Å². The number of carbonyl (C=O) groups excluding carboxylic acids is 1. The molecule has 0 unspecified atom stereocenters. The molecule has 3 nitrogen and oxygen atoms in total. The van der Waals surface area contributed by atoms with Gasteiger partial charge in [-0.3, -0.25) is 0 Å². The molecular weight excluding hydrogens is 190 g/mol. The van der Waals surface area contributed by atoms with Gasteiger partial charge in [-0.15, -0.1) is 0 Å². The van der Waals surface area contributed by atoms with E-state index in [1.807, 2.05) is 25.7 Å². The number of likely N-dealkylation sites (tertiary alicyclic amines) is 1. The van der Waals surface area contributed by atoms with Crippen LogP contribution in [0.15, 0.2) is 0 Å². The third kappa shape index (κ3) is 2.27. The zero-order chi connectivity index (χ0) is 11.1. The molecule has 2 aliphatic rings. The number of nitrogens with zero attached hydrogens (tertiary/aromatic N) is 1. The minimum Gasteiger partial charge on any atom is -0.444 e. The summed E-state index contributed by atoms with van der Waals surface area (Å²) in [6.45, 7) is 7.55. The molecule has 0 radical (unpaired) electrons. The van der Waals surface area contributed by atoms with Gasteiger partial charge in [-0.25, -0.2) is 4.79 Å². The van der Waals surface area contributed by atoms with Crippen LogP contribution < -0.4 is 0 Å². The zero-order valence-electron chi connectivity index (χ0n) is 10.0. The lowest BCUT2D eigenvalue weighted by Gasteiger charge is -2.38. The number of hydrogen-bond donors (Lipinski definition) is 0. The first-order valence-corrected chi connectivity index (χ1v) is 5.88. The van der Waals surface area contributed by atoms with E-state index in [1.165, 1.54) is 25.7 Å². The smallest absolute Gasteiger partial charge is 0.410 e. The number of carbonyl (C=O) groups is 1. The third-order valence-electron chi connectivity index (χ3n) is 3.50. The van der Waals surface area contributed by atoms with Crippen molar-refractivity contribution in [3.8, 4) is 0 Å². The molecule has 1 aliphatic carbocycles. The van der Waals surface area contributed by atoms with Gasteiger partial charge >= 0.3 is 6.09 Å². The fraction of sp³-hybridized carbons (Fsp3) is 0.917. The van der Waals surface area contributed by atoms with E-state index in [0.717, 1.165) is 13.1 Å². The number of hydrogen-bond acceptors (Lipinski definition) is 2. The van der Waals surface area contributed by atoms with Crippen molar-refractivity contribution in [2.45, 2.75) is 52.1 Å². The van der Waals surface area contributed by atoms with Gasteiger partial charge < -0.3 is 9.64 Å². The Balaban J connectivity index is 1.88.